The zero-order valence-electron chi connectivity index (χ0n) is 6.97. The lowest BCUT2D eigenvalue weighted by atomic mass is 10.5. The van der Waals surface area contributed by atoms with Crippen LogP contribution in [0.5, 0.6) is 0 Å². The number of hydrogen-bond acceptors (Lipinski definition) is 2. The van der Waals surface area contributed by atoms with E-state index < -0.39 is 5.95 Å². The predicted octanol–water partition coefficient (Wildman–Crippen LogP) is 2.30. The highest BCUT2D eigenvalue weighted by atomic mass is 19.1. The van der Waals surface area contributed by atoms with Crippen molar-refractivity contribution in [2.75, 3.05) is 0 Å². The Kier molecular flexibility index (Phi) is 4.18. The van der Waals surface area contributed by atoms with Crippen LogP contribution in [0.1, 0.15) is 0 Å². The Morgan fingerprint density at radius 1 is 0.846 bits per heavy atom. The van der Waals surface area contributed by atoms with Crippen molar-refractivity contribution in [3.05, 3.63) is 60.9 Å². The summed E-state index contributed by atoms with van der Waals surface area (Å²) in [6, 6.07) is 10.3. The van der Waals surface area contributed by atoms with Crippen molar-refractivity contribution in [1.82, 2.24) is 9.97 Å². The maximum atomic E-state index is 11.8. The van der Waals surface area contributed by atoms with Gasteiger partial charge in [0.25, 0.3) is 0 Å². The van der Waals surface area contributed by atoms with Gasteiger partial charge in [-0.15, -0.1) is 0 Å². The van der Waals surface area contributed by atoms with Gasteiger partial charge in [-0.25, -0.2) is 4.98 Å². The molecular formula is C10H9FN2. The molecule has 0 aromatic carbocycles. The average Bonchev–Trinajstić information content (AvgIpc) is 2.22. The largest absolute Gasteiger partial charge is 0.265 e. The summed E-state index contributed by atoms with van der Waals surface area (Å²) in [7, 11) is 0. The molecule has 2 nitrogen and oxygen atoms in total. The Bertz CT molecular complexity index is 283. The minimum Gasteiger partial charge on any atom is -0.265 e. The minimum absolute atomic E-state index is 0.428. The monoisotopic (exact) mass is 176 g/mol. The van der Waals surface area contributed by atoms with E-state index in [2.05, 4.69) is 9.97 Å². The molecule has 2 rings (SSSR count). The normalized spacial score (nSPS) is 8.38. The standard InChI is InChI=1S/C5H4FN.C5H5N/c6-5-3-1-2-4-7-5;1-2-4-6-5-3-1/h1-4H;1-5H. The fourth-order valence-corrected chi connectivity index (χ4v) is 0.655. The van der Waals surface area contributed by atoms with Crippen LogP contribution in [0, 0.1) is 5.95 Å². The molecule has 3 heteroatoms. The van der Waals surface area contributed by atoms with E-state index in [1.54, 1.807) is 24.5 Å². The van der Waals surface area contributed by atoms with E-state index in [1.807, 2.05) is 18.2 Å². The predicted molar refractivity (Wildman–Crippen MR) is 48.4 cm³/mol. The molecule has 0 atom stereocenters. The first-order chi connectivity index (χ1) is 6.39. The Labute approximate surface area is 76.1 Å². The van der Waals surface area contributed by atoms with E-state index in [0.29, 0.717) is 0 Å². The molecule has 2 aromatic heterocycles. The zero-order chi connectivity index (χ0) is 9.36. The summed E-state index contributed by atoms with van der Waals surface area (Å²) in [5.41, 5.74) is 0. The smallest absolute Gasteiger partial charge is 0.212 e. The third-order valence-corrected chi connectivity index (χ3v) is 1.20. The van der Waals surface area contributed by atoms with Crippen molar-refractivity contribution in [1.29, 1.82) is 0 Å². The van der Waals surface area contributed by atoms with Gasteiger partial charge in [-0.3, -0.25) is 4.98 Å². The lowest BCUT2D eigenvalue weighted by molar-refractivity contribution is 0.584. The molecule has 0 aliphatic rings. The molecule has 0 spiro atoms. The summed E-state index contributed by atoms with van der Waals surface area (Å²) in [6.45, 7) is 0. The topological polar surface area (TPSA) is 25.8 Å². The molecule has 0 N–H and O–H groups in total. The third kappa shape index (κ3) is 4.63. The second-order valence-electron chi connectivity index (χ2n) is 2.18. The van der Waals surface area contributed by atoms with Crippen LogP contribution in [0.4, 0.5) is 4.39 Å². The Balaban J connectivity index is 0.000000132. The first-order valence-electron chi connectivity index (χ1n) is 3.81. The fraction of sp³-hybridized carbons (Fsp3) is 0. The van der Waals surface area contributed by atoms with Gasteiger partial charge >= 0.3 is 0 Å². The number of pyridine rings is 2. The molecule has 13 heavy (non-hydrogen) atoms. The fourth-order valence-electron chi connectivity index (χ4n) is 0.655. The van der Waals surface area contributed by atoms with Crippen LogP contribution in [0.15, 0.2) is 55.0 Å². The molecule has 0 amide bonds. The lowest BCUT2D eigenvalue weighted by Crippen LogP contribution is -1.73. The van der Waals surface area contributed by atoms with Gasteiger partial charge in [-0.1, -0.05) is 12.1 Å². The lowest BCUT2D eigenvalue weighted by Gasteiger charge is -1.78. The Hall–Kier alpha value is -1.77. The molecule has 0 saturated carbocycles. The highest BCUT2D eigenvalue weighted by Gasteiger charge is 1.78. The van der Waals surface area contributed by atoms with E-state index >= 15 is 0 Å². The van der Waals surface area contributed by atoms with E-state index in [9.17, 15) is 4.39 Å². The molecule has 0 bridgehead atoms. The zero-order valence-corrected chi connectivity index (χ0v) is 6.97. The van der Waals surface area contributed by atoms with Crippen molar-refractivity contribution in [2.45, 2.75) is 0 Å². The SMILES string of the molecule is Fc1ccccn1.c1ccncc1. The van der Waals surface area contributed by atoms with Crippen LogP contribution in [-0.4, -0.2) is 9.97 Å². The van der Waals surface area contributed by atoms with Gasteiger partial charge in [0, 0.05) is 18.6 Å². The number of hydrogen-bond donors (Lipinski definition) is 0. The van der Waals surface area contributed by atoms with Crippen molar-refractivity contribution >= 4 is 0 Å². The molecule has 0 fully saturated rings. The first kappa shape index (κ1) is 9.32. The van der Waals surface area contributed by atoms with Crippen molar-refractivity contribution in [2.24, 2.45) is 0 Å². The summed E-state index contributed by atoms with van der Waals surface area (Å²) in [4.78, 5) is 7.10. The van der Waals surface area contributed by atoms with Crippen LogP contribution in [0.25, 0.3) is 0 Å². The van der Waals surface area contributed by atoms with Gasteiger partial charge in [0.05, 0.1) is 0 Å². The van der Waals surface area contributed by atoms with E-state index in [1.165, 1.54) is 12.3 Å². The minimum atomic E-state index is -0.428. The number of aromatic nitrogens is 2. The highest BCUT2D eigenvalue weighted by Crippen LogP contribution is 1.85. The van der Waals surface area contributed by atoms with E-state index in [4.69, 9.17) is 0 Å². The van der Waals surface area contributed by atoms with Gasteiger partial charge in [0.2, 0.25) is 5.95 Å². The van der Waals surface area contributed by atoms with Crippen molar-refractivity contribution < 1.29 is 4.39 Å². The van der Waals surface area contributed by atoms with Gasteiger partial charge in [0.1, 0.15) is 0 Å². The average molecular weight is 176 g/mol. The maximum absolute atomic E-state index is 11.8. The molecule has 66 valence electrons. The molecule has 0 aliphatic heterocycles. The van der Waals surface area contributed by atoms with Crippen LogP contribution in [-0.2, 0) is 0 Å². The second kappa shape index (κ2) is 5.83. The van der Waals surface area contributed by atoms with Crippen LogP contribution >= 0.6 is 0 Å². The molecule has 0 saturated heterocycles. The van der Waals surface area contributed by atoms with E-state index in [0.717, 1.165) is 0 Å². The number of halogens is 1. The first-order valence-corrected chi connectivity index (χ1v) is 3.81. The van der Waals surface area contributed by atoms with Crippen LogP contribution in [0.3, 0.4) is 0 Å². The van der Waals surface area contributed by atoms with Gasteiger partial charge in [-0.2, -0.15) is 4.39 Å². The molecular weight excluding hydrogens is 167 g/mol. The maximum Gasteiger partial charge on any atom is 0.212 e. The molecule has 2 aromatic rings. The van der Waals surface area contributed by atoms with Crippen molar-refractivity contribution in [3.63, 3.8) is 0 Å². The summed E-state index contributed by atoms with van der Waals surface area (Å²) in [6.07, 6.45) is 4.91. The second-order valence-corrected chi connectivity index (χ2v) is 2.18. The Morgan fingerprint density at radius 2 is 1.54 bits per heavy atom. The molecule has 2 heterocycles. The summed E-state index contributed by atoms with van der Waals surface area (Å²) >= 11 is 0. The van der Waals surface area contributed by atoms with Crippen LogP contribution in [0.2, 0.25) is 0 Å². The summed E-state index contributed by atoms with van der Waals surface area (Å²) < 4.78 is 11.8. The van der Waals surface area contributed by atoms with Gasteiger partial charge in [-0.05, 0) is 24.3 Å². The van der Waals surface area contributed by atoms with Crippen molar-refractivity contribution in [3.8, 4) is 0 Å². The molecule has 0 radical (unpaired) electrons. The van der Waals surface area contributed by atoms with Crippen LogP contribution < -0.4 is 0 Å². The van der Waals surface area contributed by atoms with Gasteiger partial charge in [0.15, 0.2) is 0 Å². The number of nitrogens with zero attached hydrogens (tertiary/aromatic N) is 2. The third-order valence-electron chi connectivity index (χ3n) is 1.20. The summed E-state index contributed by atoms with van der Waals surface area (Å²) in [5.74, 6) is -0.428. The van der Waals surface area contributed by atoms with E-state index in [-0.39, 0.29) is 0 Å². The molecule has 0 unspecified atom stereocenters. The van der Waals surface area contributed by atoms with Gasteiger partial charge < -0.3 is 0 Å². The number of rotatable bonds is 0. The quantitative estimate of drug-likeness (QED) is 0.575. The molecule has 0 aliphatic carbocycles. The summed E-state index contributed by atoms with van der Waals surface area (Å²) in [5, 5.41) is 0. The Morgan fingerprint density at radius 3 is 1.77 bits per heavy atom. The highest BCUT2D eigenvalue weighted by molar-refractivity contribution is 4.91.